The number of aromatic amines is 1. The van der Waals surface area contributed by atoms with Crippen molar-refractivity contribution in [3.63, 3.8) is 0 Å². The largest absolute Gasteiger partial charge is 0.347 e. The van der Waals surface area contributed by atoms with Crippen LogP contribution >= 0.6 is 0 Å². The summed E-state index contributed by atoms with van der Waals surface area (Å²) in [5.41, 5.74) is 5.72. The Labute approximate surface area is 89.5 Å². The zero-order chi connectivity index (χ0) is 11.4. The average molecular weight is 210 g/mol. The summed E-state index contributed by atoms with van der Waals surface area (Å²) in [6, 6.07) is -0.611. The van der Waals surface area contributed by atoms with Gasteiger partial charge < -0.3 is 16.0 Å². The molecule has 0 saturated carbocycles. The van der Waals surface area contributed by atoms with Crippen LogP contribution in [0.4, 0.5) is 0 Å². The van der Waals surface area contributed by atoms with Crippen molar-refractivity contribution in [1.82, 2.24) is 15.3 Å². The molecule has 0 aliphatic heterocycles. The highest BCUT2D eigenvalue weighted by atomic mass is 16.2. The Morgan fingerprint density at radius 2 is 2.20 bits per heavy atom. The first-order chi connectivity index (χ1) is 7.02. The number of H-pyrrole nitrogens is 1. The summed E-state index contributed by atoms with van der Waals surface area (Å²) in [6.07, 6.45) is 3.38. The zero-order valence-electron chi connectivity index (χ0n) is 9.32. The molecule has 1 amide bonds. The van der Waals surface area contributed by atoms with Gasteiger partial charge in [0.15, 0.2) is 0 Å². The number of imidazole rings is 1. The second-order valence-electron chi connectivity index (χ2n) is 3.97. The van der Waals surface area contributed by atoms with Crippen molar-refractivity contribution < 1.29 is 4.79 Å². The van der Waals surface area contributed by atoms with E-state index in [1.165, 1.54) is 0 Å². The van der Waals surface area contributed by atoms with Crippen LogP contribution in [0.1, 0.15) is 32.6 Å². The smallest absolute Gasteiger partial charge is 0.237 e. The number of carbonyl (C=O) groups excluding carboxylic acids is 1. The van der Waals surface area contributed by atoms with Gasteiger partial charge in [-0.25, -0.2) is 4.98 Å². The Hall–Kier alpha value is -1.36. The molecule has 5 nitrogen and oxygen atoms in total. The first-order valence-corrected chi connectivity index (χ1v) is 5.07. The van der Waals surface area contributed by atoms with Crippen LogP contribution in [0.5, 0.6) is 0 Å². The maximum atomic E-state index is 11.6. The maximum absolute atomic E-state index is 11.6. The van der Waals surface area contributed by atoms with Gasteiger partial charge in [-0.2, -0.15) is 0 Å². The van der Waals surface area contributed by atoms with Crippen LogP contribution in [0.3, 0.4) is 0 Å². The van der Waals surface area contributed by atoms with E-state index in [0.29, 0.717) is 0 Å². The Morgan fingerprint density at radius 3 is 2.67 bits per heavy atom. The lowest BCUT2D eigenvalue weighted by Gasteiger charge is -2.18. The number of nitrogens with two attached hydrogens (primary N) is 1. The molecule has 1 aromatic heterocycles. The van der Waals surface area contributed by atoms with Crippen molar-refractivity contribution in [2.75, 3.05) is 0 Å². The Morgan fingerprint density at radius 1 is 1.53 bits per heavy atom. The number of amides is 1. The van der Waals surface area contributed by atoms with Crippen molar-refractivity contribution in [2.45, 2.75) is 32.9 Å². The van der Waals surface area contributed by atoms with Crippen LogP contribution in [0, 0.1) is 5.92 Å². The molecule has 2 unspecified atom stereocenters. The van der Waals surface area contributed by atoms with Crippen LogP contribution in [0.15, 0.2) is 12.4 Å². The van der Waals surface area contributed by atoms with Gasteiger partial charge in [0.05, 0.1) is 12.1 Å². The number of rotatable bonds is 4. The molecule has 0 bridgehead atoms. The number of hydrogen-bond acceptors (Lipinski definition) is 3. The Bertz CT molecular complexity index is 307. The number of nitrogens with zero attached hydrogens (tertiary/aromatic N) is 1. The zero-order valence-corrected chi connectivity index (χ0v) is 9.32. The van der Waals surface area contributed by atoms with Crippen molar-refractivity contribution in [1.29, 1.82) is 0 Å². The summed E-state index contributed by atoms with van der Waals surface area (Å²) in [5, 5.41) is 2.81. The van der Waals surface area contributed by atoms with E-state index in [1.54, 1.807) is 12.4 Å². The van der Waals surface area contributed by atoms with E-state index < -0.39 is 6.04 Å². The first-order valence-electron chi connectivity index (χ1n) is 5.07. The minimum atomic E-state index is -0.470. The fraction of sp³-hybridized carbons (Fsp3) is 0.600. The van der Waals surface area contributed by atoms with Crippen molar-refractivity contribution >= 4 is 5.91 Å². The predicted octanol–water partition coefficient (Wildman–Crippen LogP) is 0.570. The van der Waals surface area contributed by atoms with Crippen molar-refractivity contribution in [3.8, 4) is 0 Å². The summed E-state index contributed by atoms with van der Waals surface area (Å²) in [7, 11) is 0. The maximum Gasteiger partial charge on any atom is 0.237 e. The molecular formula is C10H18N4O. The highest BCUT2D eigenvalue weighted by Gasteiger charge is 2.19. The summed E-state index contributed by atoms with van der Waals surface area (Å²) in [4.78, 5) is 18.6. The molecular weight excluding hydrogens is 192 g/mol. The van der Waals surface area contributed by atoms with Crippen LogP contribution in [0.25, 0.3) is 0 Å². The monoisotopic (exact) mass is 210 g/mol. The molecule has 0 radical (unpaired) electrons. The molecule has 15 heavy (non-hydrogen) atoms. The third kappa shape index (κ3) is 3.06. The molecule has 4 N–H and O–H groups in total. The Kier molecular flexibility index (Phi) is 3.85. The standard InChI is InChI=1S/C10H18N4O/c1-6(2)8(11)10(15)14-7(3)9-12-4-5-13-9/h4-8H,11H2,1-3H3,(H,12,13)(H,14,15). The third-order valence-corrected chi connectivity index (χ3v) is 2.31. The van der Waals surface area contributed by atoms with E-state index in [9.17, 15) is 4.79 Å². The van der Waals surface area contributed by atoms with Gasteiger partial charge in [0.25, 0.3) is 0 Å². The average Bonchev–Trinajstić information content (AvgIpc) is 2.68. The van der Waals surface area contributed by atoms with E-state index in [0.717, 1.165) is 5.82 Å². The van der Waals surface area contributed by atoms with E-state index >= 15 is 0 Å². The summed E-state index contributed by atoms with van der Waals surface area (Å²) >= 11 is 0. The predicted molar refractivity (Wildman–Crippen MR) is 58.0 cm³/mol. The molecule has 1 heterocycles. The number of nitrogens with one attached hydrogen (secondary N) is 2. The SMILES string of the molecule is CC(NC(=O)C(N)C(C)C)c1ncc[nH]1. The van der Waals surface area contributed by atoms with Gasteiger partial charge in [-0.3, -0.25) is 4.79 Å². The second-order valence-corrected chi connectivity index (χ2v) is 3.97. The van der Waals surface area contributed by atoms with E-state index in [4.69, 9.17) is 5.73 Å². The lowest BCUT2D eigenvalue weighted by Crippen LogP contribution is -2.44. The fourth-order valence-electron chi connectivity index (χ4n) is 1.20. The lowest BCUT2D eigenvalue weighted by atomic mass is 10.0. The summed E-state index contributed by atoms with van der Waals surface area (Å²) in [6.45, 7) is 5.70. The number of hydrogen-bond donors (Lipinski definition) is 3. The molecule has 0 saturated heterocycles. The number of aromatic nitrogens is 2. The minimum absolute atomic E-state index is 0.133. The first kappa shape index (κ1) is 11.7. The molecule has 84 valence electrons. The molecule has 1 rings (SSSR count). The van der Waals surface area contributed by atoms with E-state index in [-0.39, 0.29) is 17.9 Å². The third-order valence-electron chi connectivity index (χ3n) is 2.31. The number of carbonyl (C=O) groups is 1. The molecule has 5 heteroatoms. The highest BCUT2D eigenvalue weighted by molar-refractivity contribution is 5.82. The topological polar surface area (TPSA) is 83.8 Å². The van der Waals surface area contributed by atoms with Gasteiger partial charge in [-0.1, -0.05) is 13.8 Å². The minimum Gasteiger partial charge on any atom is -0.347 e. The molecule has 1 aromatic rings. The molecule has 0 spiro atoms. The van der Waals surface area contributed by atoms with Crippen LogP contribution in [0.2, 0.25) is 0 Å². The van der Waals surface area contributed by atoms with Gasteiger partial charge >= 0.3 is 0 Å². The molecule has 0 fully saturated rings. The summed E-state index contributed by atoms with van der Waals surface area (Å²) < 4.78 is 0. The second kappa shape index (κ2) is 4.93. The van der Waals surface area contributed by atoms with Crippen LogP contribution in [-0.4, -0.2) is 21.9 Å². The van der Waals surface area contributed by atoms with Crippen molar-refractivity contribution in [3.05, 3.63) is 18.2 Å². The van der Waals surface area contributed by atoms with E-state index in [2.05, 4.69) is 15.3 Å². The van der Waals surface area contributed by atoms with E-state index in [1.807, 2.05) is 20.8 Å². The van der Waals surface area contributed by atoms with Gasteiger partial charge in [0, 0.05) is 12.4 Å². The summed E-state index contributed by atoms with van der Waals surface area (Å²) in [5.74, 6) is 0.724. The van der Waals surface area contributed by atoms with Gasteiger partial charge in [-0.15, -0.1) is 0 Å². The fourth-order valence-corrected chi connectivity index (χ4v) is 1.20. The van der Waals surface area contributed by atoms with Crippen LogP contribution in [-0.2, 0) is 4.79 Å². The van der Waals surface area contributed by atoms with Gasteiger partial charge in [0.2, 0.25) is 5.91 Å². The lowest BCUT2D eigenvalue weighted by molar-refractivity contribution is -0.123. The molecule has 2 atom stereocenters. The highest BCUT2D eigenvalue weighted by Crippen LogP contribution is 2.06. The normalized spacial score (nSPS) is 15.0. The molecule has 0 aromatic carbocycles. The van der Waals surface area contributed by atoms with Gasteiger partial charge in [-0.05, 0) is 12.8 Å². The van der Waals surface area contributed by atoms with Gasteiger partial charge in [0.1, 0.15) is 5.82 Å². The Balaban J connectivity index is 2.52. The molecule has 0 aliphatic carbocycles. The van der Waals surface area contributed by atoms with Crippen LogP contribution < -0.4 is 11.1 Å². The molecule has 0 aliphatic rings. The van der Waals surface area contributed by atoms with Crippen molar-refractivity contribution in [2.24, 2.45) is 11.7 Å². The quantitative estimate of drug-likeness (QED) is 0.679.